The van der Waals surface area contributed by atoms with Gasteiger partial charge in [-0.3, -0.25) is 0 Å². The molecule has 2 fully saturated rings. The molecule has 3 aliphatic rings. The Morgan fingerprint density at radius 2 is 2.15 bits per heavy atom. The number of ether oxygens (including phenoxy) is 2. The summed E-state index contributed by atoms with van der Waals surface area (Å²) in [5.74, 6) is -1.30. The van der Waals surface area contributed by atoms with Crippen molar-refractivity contribution in [1.29, 1.82) is 0 Å². The van der Waals surface area contributed by atoms with Crippen LogP contribution in [-0.4, -0.2) is 32.2 Å². The predicted molar refractivity (Wildman–Crippen MR) is 64.3 cm³/mol. The second-order valence-electron chi connectivity index (χ2n) is 4.90. The standard InChI is InChI=1S/C12H12O7S/c1-2-9(13)17-5-10(14)18-11-6-3-7-8(4-6)20(15,16)19-12(7)11/h2,6-8H,1,3-5H2. The fourth-order valence-electron chi connectivity index (χ4n) is 2.96. The van der Waals surface area contributed by atoms with Gasteiger partial charge in [-0.1, -0.05) is 6.58 Å². The van der Waals surface area contributed by atoms with Crippen molar-refractivity contribution in [3.63, 3.8) is 0 Å². The maximum absolute atomic E-state index is 11.7. The van der Waals surface area contributed by atoms with E-state index < -0.39 is 33.9 Å². The number of hydrogen-bond acceptors (Lipinski definition) is 7. The lowest BCUT2D eigenvalue weighted by Gasteiger charge is -2.13. The Labute approximate surface area is 115 Å². The Kier molecular flexibility index (Phi) is 2.86. The number of allylic oxidation sites excluding steroid dienone is 2. The van der Waals surface area contributed by atoms with Crippen molar-refractivity contribution in [2.24, 2.45) is 11.8 Å². The third kappa shape index (κ3) is 1.91. The number of fused-ring (bicyclic) bond motifs is 1. The van der Waals surface area contributed by atoms with E-state index in [4.69, 9.17) is 8.92 Å². The molecule has 0 spiro atoms. The summed E-state index contributed by atoms with van der Waals surface area (Å²) in [6.45, 7) is 2.65. The van der Waals surface area contributed by atoms with Crippen LogP contribution in [0.3, 0.4) is 0 Å². The van der Waals surface area contributed by atoms with E-state index in [0.717, 1.165) is 6.08 Å². The molecule has 0 aromatic heterocycles. The number of carbonyl (C=O) groups excluding carboxylic acids is 2. The first-order chi connectivity index (χ1) is 9.42. The highest BCUT2D eigenvalue weighted by atomic mass is 32.2. The zero-order valence-electron chi connectivity index (χ0n) is 10.4. The summed E-state index contributed by atoms with van der Waals surface area (Å²) >= 11 is 0. The summed E-state index contributed by atoms with van der Waals surface area (Å²) < 4.78 is 38.0. The van der Waals surface area contributed by atoms with E-state index >= 15 is 0 Å². The highest BCUT2D eigenvalue weighted by Crippen LogP contribution is 2.56. The highest BCUT2D eigenvalue weighted by Gasteiger charge is 2.60. The molecule has 0 aromatic rings. The van der Waals surface area contributed by atoms with Gasteiger partial charge < -0.3 is 13.7 Å². The number of rotatable bonds is 4. The summed E-state index contributed by atoms with van der Waals surface area (Å²) in [6, 6.07) is 0. The summed E-state index contributed by atoms with van der Waals surface area (Å²) in [5, 5.41) is -0.511. The minimum Gasteiger partial charge on any atom is -0.451 e. The molecule has 1 saturated heterocycles. The molecule has 1 aliphatic heterocycles. The lowest BCUT2D eigenvalue weighted by molar-refractivity contribution is -0.153. The van der Waals surface area contributed by atoms with Gasteiger partial charge in [0, 0.05) is 17.9 Å². The van der Waals surface area contributed by atoms with Crippen LogP contribution in [0.1, 0.15) is 12.8 Å². The van der Waals surface area contributed by atoms with Gasteiger partial charge in [0.2, 0.25) is 0 Å². The Balaban J connectivity index is 1.70. The molecule has 3 rings (SSSR count). The van der Waals surface area contributed by atoms with Crippen LogP contribution in [0.2, 0.25) is 0 Å². The molecule has 0 radical (unpaired) electrons. The van der Waals surface area contributed by atoms with E-state index in [2.05, 4.69) is 11.3 Å². The molecule has 1 saturated carbocycles. The smallest absolute Gasteiger partial charge is 0.349 e. The van der Waals surface area contributed by atoms with Crippen LogP contribution in [0.25, 0.3) is 0 Å². The van der Waals surface area contributed by atoms with Gasteiger partial charge in [0.15, 0.2) is 18.1 Å². The van der Waals surface area contributed by atoms with Crippen LogP contribution in [0.15, 0.2) is 24.2 Å². The Hall–Kier alpha value is -1.83. The Morgan fingerprint density at radius 3 is 2.85 bits per heavy atom. The van der Waals surface area contributed by atoms with Gasteiger partial charge in [-0.05, 0) is 12.8 Å². The Morgan fingerprint density at radius 1 is 1.40 bits per heavy atom. The second-order valence-corrected chi connectivity index (χ2v) is 6.66. The molecule has 3 atom stereocenters. The zero-order valence-corrected chi connectivity index (χ0v) is 11.2. The van der Waals surface area contributed by atoms with Crippen LogP contribution in [-0.2, 0) is 33.4 Å². The Bertz CT molecular complexity index is 630. The molecule has 108 valence electrons. The highest BCUT2D eigenvalue weighted by molar-refractivity contribution is 7.87. The maximum atomic E-state index is 11.7. The van der Waals surface area contributed by atoms with Crippen molar-refractivity contribution < 1.29 is 31.7 Å². The van der Waals surface area contributed by atoms with Crippen molar-refractivity contribution in [1.82, 2.24) is 0 Å². The average molecular weight is 300 g/mol. The summed E-state index contributed by atoms with van der Waals surface area (Å²) in [4.78, 5) is 22.4. The third-order valence-electron chi connectivity index (χ3n) is 3.75. The van der Waals surface area contributed by atoms with Gasteiger partial charge in [-0.2, -0.15) is 8.42 Å². The fourth-order valence-corrected chi connectivity index (χ4v) is 4.64. The van der Waals surface area contributed by atoms with E-state index in [1.165, 1.54) is 0 Å². The lowest BCUT2D eigenvalue weighted by atomic mass is 10.0. The van der Waals surface area contributed by atoms with E-state index in [1.54, 1.807) is 0 Å². The van der Waals surface area contributed by atoms with Crippen LogP contribution >= 0.6 is 0 Å². The minimum atomic E-state index is -3.58. The number of hydrogen-bond donors (Lipinski definition) is 0. The largest absolute Gasteiger partial charge is 0.451 e. The van der Waals surface area contributed by atoms with E-state index in [1.807, 2.05) is 0 Å². The quantitative estimate of drug-likeness (QED) is 0.417. The van der Waals surface area contributed by atoms with Crippen molar-refractivity contribution >= 4 is 22.1 Å². The average Bonchev–Trinajstić information content (AvgIpc) is 3.00. The SMILES string of the molecule is C=CC(=O)OCC(=O)OC1=C2OS(=O)(=O)C3CC1CC23. The van der Waals surface area contributed by atoms with E-state index in [0.29, 0.717) is 12.8 Å². The molecule has 0 amide bonds. The monoisotopic (exact) mass is 300 g/mol. The van der Waals surface area contributed by atoms with Crippen LogP contribution in [0.4, 0.5) is 0 Å². The number of esters is 2. The van der Waals surface area contributed by atoms with Gasteiger partial charge in [0.25, 0.3) is 0 Å². The maximum Gasteiger partial charge on any atom is 0.349 e. The summed E-state index contributed by atoms with van der Waals surface area (Å²) in [5.41, 5.74) is 0. The topological polar surface area (TPSA) is 96.0 Å². The van der Waals surface area contributed by atoms with E-state index in [9.17, 15) is 18.0 Å². The lowest BCUT2D eigenvalue weighted by Crippen LogP contribution is -2.21. The molecule has 0 N–H and O–H groups in total. The van der Waals surface area contributed by atoms with Gasteiger partial charge in [0.05, 0.1) is 0 Å². The number of carbonyl (C=O) groups is 2. The first-order valence-electron chi connectivity index (χ1n) is 6.09. The summed E-state index contributed by atoms with van der Waals surface area (Å²) in [6.07, 6.45) is 1.96. The summed E-state index contributed by atoms with van der Waals surface area (Å²) in [7, 11) is -3.58. The molecular weight excluding hydrogens is 288 g/mol. The fraction of sp³-hybridized carbons (Fsp3) is 0.500. The molecule has 8 heteroatoms. The first-order valence-corrected chi connectivity index (χ1v) is 7.56. The van der Waals surface area contributed by atoms with Crippen LogP contribution < -0.4 is 0 Å². The van der Waals surface area contributed by atoms with Crippen LogP contribution in [0.5, 0.6) is 0 Å². The molecular formula is C12H12O7S. The van der Waals surface area contributed by atoms with Gasteiger partial charge in [-0.15, -0.1) is 0 Å². The molecule has 2 bridgehead atoms. The molecule has 1 heterocycles. The van der Waals surface area contributed by atoms with Gasteiger partial charge in [0.1, 0.15) is 5.25 Å². The second kappa shape index (κ2) is 4.34. The molecule has 0 aromatic carbocycles. The van der Waals surface area contributed by atoms with Gasteiger partial charge >= 0.3 is 22.1 Å². The molecule has 2 aliphatic carbocycles. The van der Waals surface area contributed by atoms with Crippen molar-refractivity contribution in [3.8, 4) is 0 Å². The van der Waals surface area contributed by atoms with E-state index in [-0.39, 0.29) is 23.4 Å². The van der Waals surface area contributed by atoms with Crippen molar-refractivity contribution in [2.75, 3.05) is 6.61 Å². The zero-order chi connectivity index (χ0) is 14.5. The van der Waals surface area contributed by atoms with Gasteiger partial charge in [-0.25, -0.2) is 9.59 Å². The molecule has 20 heavy (non-hydrogen) atoms. The van der Waals surface area contributed by atoms with Crippen molar-refractivity contribution in [3.05, 3.63) is 24.2 Å². The van der Waals surface area contributed by atoms with Crippen molar-refractivity contribution in [2.45, 2.75) is 18.1 Å². The minimum absolute atomic E-state index is 0.115. The normalized spacial score (nSPS) is 31.9. The predicted octanol–water partition coefficient (Wildman–Crippen LogP) is 0.239. The molecule has 3 unspecified atom stereocenters. The van der Waals surface area contributed by atoms with Crippen LogP contribution in [0, 0.1) is 11.8 Å². The third-order valence-corrected chi connectivity index (χ3v) is 5.43. The first kappa shape index (κ1) is 13.2. The molecule has 7 nitrogen and oxygen atoms in total.